The van der Waals surface area contributed by atoms with Gasteiger partial charge in [0, 0.05) is 6.04 Å². The summed E-state index contributed by atoms with van der Waals surface area (Å²) in [4.78, 5) is 0.322. The maximum absolute atomic E-state index is 12.3. The molecular formula is C15H23NO2S. The number of benzene rings is 1. The predicted octanol–water partition coefficient (Wildman–Crippen LogP) is 3.41. The van der Waals surface area contributed by atoms with Crippen molar-refractivity contribution in [3.05, 3.63) is 41.5 Å². The minimum Gasteiger partial charge on any atom is -0.207 e. The smallest absolute Gasteiger partial charge is 0.207 e. The van der Waals surface area contributed by atoms with Gasteiger partial charge in [-0.05, 0) is 39.3 Å². The zero-order valence-corrected chi connectivity index (χ0v) is 12.9. The number of sulfonamides is 1. The van der Waals surface area contributed by atoms with E-state index >= 15 is 0 Å². The molecule has 4 heteroatoms. The van der Waals surface area contributed by atoms with E-state index in [-0.39, 0.29) is 6.04 Å². The van der Waals surface area contributed by atoms with Crippen LogP contribution in [0, 0.1) is 6.92 Å². The van der Waals surface area contributed by atoms with Crippen LogP contribution >= 0.6 is 0 Å². The van der Waals surface area contributed by atoms with Crippen molar-refractivity contribution in [1.82, 2.24) is 4.72 Å². The van der Waals surface area contributed by atoms with E-state index < -0.39 is 10.0 Å². The molecule has 0 aliphatic heterocycles. The van der Waals surface area contributed by atoms with E-state index in [4.69, 9.17) is 0 Å². The van der Waals surface area contributed by atoms with E-state index in [1.165, 1.54) is 0 Å². The van der Waals surface area contributed by atoms with Gasteiger partial charge in [0.05, 0.1) is 4.90 Å². The lowest BCUT2D eigenvalue weighted by Gasteiger charge is -2.19. The Labute approximate surface area is 116 Å². The first-order valence-electron chi connectivity index (χ1n) is 6.62. The maximum atomic E-state index is 12.3. The third-order valence-electron chi connectivity index (χ3n) is 3.21. The van der Waals surface area contributed by atoms with Crippen molar-refractivity contribution in [3.63, 3.8) is 0 Å². The van der Waals surface area contributed by atoms with Crippen LogP contribution in [0.15, 0.2) is 40.8 Å². The largest absolute Gasteiger partial charge is 0.241 e. The molecule has 1 aromatic rings. The summed E-state index contributed by atoms with van der Waals surface area (Å²) >= 11 is 0. The van der Waals surface area contributed by atoms with Crippen LogP contribution in [0.25, 0.3) is 0 Å². The van der Waals surface area contributed by atoms with E-state index in [2.05, 4.69) is 11.6 Å². The lowest BCUT2D eigenvalue weighted by Crippen LogP contribution is -2.35. The summed E-state index contributed by atoms with van der Waals surface area (Å²) in [6, 6.07) is 6.79. The van der Waals surface area contributed by atoms with Gasteiger partial charge in [0.1, 0.15) is 0 Å². The first-order valence-corrected chi connectivity index (χ1v) is 8.10. The summed E-state index contributed by atoms with van der Waals surface area (Å²) < 4.78 is 27.4. The van der Waals surface area contributed by atoms with Gasteiger partial charge in [-0.15, -0.1) is 0 Å². The van der Waals surface area contributed by atoms with Crippen molar-refractivity contribution < 1.29 is 8.42 Å². The zero-order chi connectivity index (χ0) is 14.5. The molecule has 3 nitrogen and oxygen atoms in total. The second kappa shape index (κ2) is 6.87. The highest BCUT2D eigenvalue weighted by molar-refractivity contribution is 7.89. The molecule has 1 rings (SSSR count). The Hall–Kier alpha value is -1.13. The summed E-state index contributed by atoms with van der Waals surface area (Å²) in [7, 11) is -3.44. The van der Waals surface area contributed by atoms with Crippen LogP contribution in [0.3, 0.4) is 0 Å². The van der Waals surface area contributed by atoms with Gasteiger partial charge in [0.25, 0.3) is 0 Å². The van der Waals surface area contributed by atoms with Crippen molar-refractivity contribution >= 4 is 10.0 Å². The van der Waals surface area contributed by atoms with Gasteiger partial charge in [-0.2, -0.15) is 0 Å². The molecule has 0 saturated carbocycles. The lowest BCUT2D eigenvalue weighted by molar-refractivity contribution is 0.552. The molecule has 1 N–H and O–H groups in total. The topological polar surface area (TPSA) is 46.2 Å². The van der Waals surface area contributed by atoms with Crippen molar-refractivity contribution in [2.45, 2.75) is 51.5 Å². The molecule has 1 aromatic carbocycles. The molecule has 0 aromatic heterocycles. The minimum atomic E-state index is -3.44. The summed E-state index contributed by atoms with van der Waals surface area (Å²) in [5, 5.41) is 0. The first-order chi connectivity index (χ1) is 8.90. The highest BCUT2D eigenvalue weighted by Gasteiger charge is 2.20. The van der Waals surface area contributed by atoms with E-state index in [1.807, 2.05) is 39.0 Å². The quantitative estimate of drug-likeness (QED) is 0.812. The molecule has 0 saturated heterocycles. The molecule has 0 aliphatic rings. The van der Waals surface area contributed by atoms with E-state index in [9.17, 15) is 8.42 Å². The van der Waals surface area contributed by atoms with Gasteiger partial charge in [-0.25, -0.2) is 13.1 Å². The molecule has 0 aliphatic carbocycles. The molecule has 0 fully saturated rings. The van der Waals surface area contributed by atoms with E-state index in [0.29, 0.717) is 4.90 Å². The molecule has 19 heavy (non-hydrogen) atoms. The maximum Gasteiger partial charge on any atom is 0.241 e. The summed E-state index contributed by atoms with van der Waals surface area (Å²) in [5.74, 6) is 0. The van der Waals surface area contributed by atoms with Crippen LogP contribution in [-0.4, -0.2) is 14.5 Å². The fraction of sp³-hybridized carbons (Fsp3) is 0.467. The fourth-order valence-electron chi connectivity index (χ4n) is 1.84. The fourth-order valence-corrected chi connectivity index (χ4v) is 3.15. The van der Waals surface area contributed by atoms with E-state index in [0.717, 1.165) is 24.0 Å². The summed E-state index contributed by atoms with van der Waals surface area (Å²) in [6.07, 6.45) is 3.70. The van der Waals surface area contributed by atoms with Crippen LogP contribution < -0.4 is 4.72 Å². The van der Waals surface area contributed by atoms with Gasteiger partial charge in [0.2, 0.25) is 10.0 Å². The SMILES string of the molecule is C/C=C(\C)C(CCC)NS(=O)(=O)c1ccc(C)cc1. The second-order valence-corrected chi connectivity index (χ2v) is 6.52. The normalized spacial score (nSPS) is 14.4. The molecule has 0 heterocycles. The molecule has 1 unspecified atom stereocenters. The molecule has 1 atom stereocenters. The lowest BCUT2D eigenvalue weighted by atomic mass is 10.1. The van der Waals surface area contributed by atoms with Gasteiger partial charge < -0.3 is 0 Å². The van der Waals surface area contributed by atoms with Crippen molar-refractivity contribution in [2.75, 3.05) is 0 Å². The molecule has 0 spiro atoms. The number of nitrogens with one attached hydrogen (secondary N) is 1. The minimum absolute atomic E-state index is 0.124. The monoisotopic (exact) mass is 281 g/mol. The Morgan fingerprint density at radius 3 is 2.37 bits per heavy atom. The Morgan fingerprint density at radius 1 is 1.32 bits per heavy atom. The number of hydrogen-bond acceptors (Lipinski definition) is 2. The summed E-state index contributed by atoms with van der Waals surface area (Å²) in [6.45, 7) is 7.87. The number of aryl methyl sites for hydroxylation is 1. The average Bonchev–Trinajstić information content (AvgIpc) is 2.37. The highest BCUT2D eigenvalue weighted by atomic mass is 32.2. The van der Waals surface area contributed by atoms with Gasteiger partial charge in [0.15, 0.2) is 0 Å². The Kier molecular flexibility index (Phi) is 5.76. The van der Waals surface area contributed by atoms with Crippen LogP contribution in [0.4, 0.5) is 0 Å². The number of hydrogen-bond donors (Lipinski definition) is 1. The number of rotatable bonds is 6. The standard InChI is InChI=1S/C15H23NO2S/c1-5-7-15(13(4)6-2)16-19(17,18)14-10-8-12(3)9-11-14/h6,8-11,15-16H,5,7H2,1-4H3/b13-6+. The van der Waals surface area contributed by atoms with Crippen LogP contribution in [0.5, 0.6) is 0 Å². The van der Waals surface area contributed by atoms with E-state index in [1.54, 1.807) is 12.1 Å². The van der Waals surface area contributed by atoms with Crippen molar-refractivity contribution in [2.24, 2.45) is 0 Å². The molecule has 106 valence electrons. The average molecular weight is 281 g/mol. The molecule has 0 bridgehead atoms. The Bertz CT molecular complexity index is 530. The van der Waals surface area contributed by atoms with Crippen LogP contribution in [0.1, 0.15) is 39.2 Å². The van der Waals surface area contributed by atoms with Gasteiger partial charge in [-0.1, -0.05) is 42.7 Å². The Balaban J connectivity index is 2.97. The number of allylic oxidation sites excluding steroid dienone is 1. The van der Waals surface area contributed by atoms with Crippen LogP contribution in [0.2, 0.25) is 0 Å². The third kappa shape index (κ3) is 4.48. The van der Waals surface area contributed by atoms with Gasteiger partial charge in [-0.3, -0.25) is 0 Å². The highest BCUT2D eigenvalue weighted by Crippen LogP contribution is 2.15. The predicted molar refractivity (Wildman–Crippen MR) is 79.6 cm³/mol. The zero-order valence-electron chi connectivity index (χ0n) is 12.1. The molecule has 0 amide bonds. The summed E-state index contributed by atoms with van der Waals surface area (Å²) in [5.41, 5.74) is 2.10. The van der Waals surface area contributed by atoms with Crippen molar-refractivity contribution in [1.29, 1.82) is 0 Å². The second-order valence-electron chi connectivity index (χ2n) is 4.81. The van der Waals surface area contributed by atoms with Crippen molar-refractivity contribution in [3.8, 4) is 0 Å². The Morgan fingerprint density at radius 2 is 1.89 bits per heavy atom. The first kappa shape index (κ1) is 15.9. The van der Waals surface area contributed by atoms with Gasteiger partial charge >= 0.3 is 0 Å². The third-order valence-corrected chi connectivity index (χ3v) is 4.70. The molecular weight excluding hydrogens is 258 g/mol. The molecule has 0 radical (unpaired) electrons. The van der Waals surface area contributed by atoms with Crippen LogP contribution in [-0.2, 0) is 10.0 Å².